The highest BCUT2D eigenvalue weighted by Crippen LogP contribution is 2.16. The summed E-state index contributed by atoms with van der Waals surface area (Å²) in [4.78, 5) is 11.7. The Morgan fingerprint density at radius 2 is 1.94 bits per heavy atom. The first-order valence-corrected chi connectivity index (χ1v) is 6.72. The first-order valence-electron chi connectivity index (χ1n) is 5.93. The van der Waals surface area contributed by atoms with E-state index in [1.54, 1.807) is 0 Å². The number of hydrogen-bond acceptors (Lipinski definition) is 1. The zero-order valence-electron chi connectivity index (χ0n) is 10.7. The van der Waals surface area contributed by atoms with E-state index in [0.29, 0.717) is 0 Å². The molecular formula is C14H20BrNO. The Hall–Kier alpha value is -0.830. The van der Waals surface area contributed by atoms with Gasteiger partial charge in [-0.25, -0.2) is 0 Å². The van der Waals surface area contributed by atoms with Gasteiger partial charge in [-0.3, -0.25) is 4.79 Å². The summed E-state index contributed by atoms with van der Waals surface area (Å²) < 4.78 is -0.492. The summed E-state index contributed by atoms with van der Waals surface area (Å²) in [7, 11) is 0. The fourth-order valence-electron chi connectivity index (χ4n) is 1.50. The molecule has 1 atom stereocenters. The Bertz CT molecular complexity index is 356. The number of halogens is 1. The zero-order chi connectivity index (χ0) is 12.9. The van der Waals surface area contributed by atoms with E-state index >= 15 is 0 Å². The SMILES string of the molecule is CC(CCc1ccccc1)NC(=O)C(C)(C)Br. The topological polar surface area (TPSA) is 29.1 Å². The van der Waals surface area contributed by atoms with Gasteiger partial charge in [0, 0.05) is 6.04 Å². The summed E-state index contributed by atoms with van der Waals surface area (Å²) in [5, 5.41) is 3.00. The molecule has 1 N–H and O–H groups in total. The highest BCUT2D eigenvalue weighted by molar-refractivity contribution is 9.10. The third-order valence-corrected chi connectivity index (χ3v) is 2.99. The second kappa shape index (κ2) is 6.20. The number of carbonyl (C=O) groups is 1. The third-order valence-electron chi connectivity index (χ3n) is 2.63. The highest BCUT2D eigenvalue weighted by atomic mass is 79.9. The Kier molecular flexibility index (Phi) is 5.19. The van der Waals surface area contributed by atoms with Crippen LogP contribution in [0.15, 0.2) is 30.3 Å². The van der Waals surface area contributed by atoms with Crippen LogP contribution in [-0.2, 0) is 11.2 Å². The molecule has 0 aromatic heterocycles. The van der Waals surface area contributed by atoms with Crippen molar-refractivity contribution < 1.29 is 4.79 Å². The molecule has 0 heterocycles. The van der Waals surface area contributed by atoms with Crippen molar-refractivity contribution in [2.75, 3.05) is 0 Å². The van der Waals surface area contributed by atoms with Crippen LogP contribution in [0.25, 0.3) is 0 Å². The van der Waals surface area contributed by atoms with Crippen molar-refractivity contribution in [2.45, 2.75) is 44.0 Å². The first kappa shape index (κ1) is 14.2. The van der Waals surface area contributed by atoms with Gasteiger partial charge in [-0.2, -0.15) is 0 Å². The van der Waals surface area contributed by atoms with Crippen LogP contribution >= 0.6 is 15.9 Å². The minimum Gasteiger partial charge on any atom is -0.352 e. The smallest absolute Gasteiger partial charge is 0.236 e. The summed E-state index contributed by atoms with van der Waals surface area (Å²) >= 11 is 3.36. The van der Waals surface area contributed by atoms with Crippen LogP contribution in [0.5, 0.6) is 0 Å². The van der Waals surface area contributed by atoms with Gasteiger partial charge in [0.25, 0.3) is 0 Å². The van der Waals surface area contributed by atoms with E-state index < -0.39 is 4.32 Å². The highest BCUT2D eigenvalue weighted by Gasteiger charge is 2.24. The first-order chi connectivity index (χ1) is 7.89. The Labute approximate surface area is 112 Å². The number of alkyl halides is 1. The van der Waals surface area contributed by atoms with Gasteiger partial charge in [-0.05, 0) is 39.2 Å². The fourth-order valence-corrected chi connectivity index (χ4v) is 1.61. The molecule has 0 fully saturated rings. The molecular weight excluding hydrogens is 278 g/mol. The maximum atomic E-state index is 11.7. The Balaban J connectivity index is 2.36. The molecule has 0 spiro atoms. The van der Waals surface area contributed by atoms with Crippen molar-refractivity contribution in [3.63, 3.8) is 0 Å². The van der Waals surface area contributed by atoms with Crippen LogP contribution in [-0.4, -0.2) is 16.3 Å². The number of amides is 1. The Morgan fingerprint density at radius 3 is 2.47 bits per heavy atom. The van der Waals surface area contributed by atoms with Crippen molar-refractivity contribution in [3.05, 3.63) is 35.9 Å². The van der Waals surface area contributed by atoms with Gasteiger partial charge >= 0.3 is 0 Å². The lowest BCUT2D eigenvalue weighted by molar-refractivity contribution is -0.123. The number of hydrogen-bond donors (Lipinski definition) is 1. The van der Waals surface area contributed by atoms with Crippen molar-refractivity contribution in [3.8, 4) is 0 Å². The van der Waals surface area contributed by atoms with Gasteiger partial charge in [-0.1, -0.05) is 46.3 Å². The van der Waals surface area contributed by atoms with Crippen LogP contribution in [0.4, 0.5) is 0 Å². The van der Waals surface area contributed by atoms with Crippen LogP contribution in [0, 0.1) is 0 Å². The quantitative estimate of drug-likeness (QED) is 0.830. The predicted octanol–water partition coefficient (Wildman–Crippen LogP) is 3.30. The van der Waals surface area contributed by atoms with Crippen LogP contribution in [0.2, 0.25) is 0 Å². The molecule has 1 aromatic carbocycles. The molecule has 1 unspecified atom stereocenters. The fraction of sp³-hybridized carbons (Fsp3) is 0.500. The molecule has 94 valence electrons. The second-order valence-corrected chi connectivity index (χ2v) is 6.85. The van der Waals surface area contributed by atoms with E-state index in [-0.39, 0.29) is 11.9 Å². The average molecular weight is 298 g/mol. The lowest BCUT2D eigenvalue weighted by Gasteiger charge is -2.20. The number of carbonyl (C=O) groups excluding carboxylic acids is 1. The summed E-state index contributed by atoms with van der Waals surface area (Å²) in [5.41, 5.74) is 1.31. The molecule has 2 nitrogen and oxygen atoms in total. The summed E-state index contributed by atoms with van der Waals surface area (Å²) in [6.45, 7) is 5.75. The van der Waals surface area contributed by atoms with E-state index in [1.807, 2.05) is 39.0 Å². The molecule has 1 aromatic rings. The lowest BCUT2D eigenvalue weighted by atomic mass is 10.1. The van der Waals surface area contributed by atoms with Gasteiger partial charge in [0.15, 0.2) is 0 Å². The minimum atomic E-state index is -0.492. The van der Waals surface area contributed by atoms with E-state index in [0.717, 1.165) is 12.8 Å². The summed E-state index contributed by atoms with van der Waals surface area (Å²) in [5.74, 6) is 0.0399. The maximum absolute atomic E-state index is 11.7. The van der Waals surface area contributed by atoms with Crippen LogP contribution < -0.4 is 5.32 Å². The van der Waals surface area contributed by atoms with Gasteiger partial charge in [0.2, 0.25) is 5.91 Å². The molecule has 0 radical (unpaired) electrons. The van der Waals surface area contributed by atoms with E-state index in [9.17, 15) is 4.79 Å². The van der Waals surface area contributed by atoms with Gasteiger partial charge in [0.1, 0.15) is 0 Å². The number of nitrogens with one attached hydrogen (secondary N) is 1. The van der Waals surface area contributed by atoms with Crippen LogP contribution in [0.1, 0.15) is 32.8 Å². The van der Waals surface area contributed by atoms with Crippen molar-refractivity contribution in [2.24, 2.45) is 0 Å². The van der Waals surface area contributed by atoms with Crippen molar-refractivity contribution >= 4 is 21.8 Å². The molecule has 0 aliphatic heterocycles. The molecule has 0 saturated heterocycles. The molecule has 1 rings (SSSR count). The molecule has 3 heteroatoms. The average Bonchev–Trinajstić information content (AvgIpc) is 2.26. The lowest BCUT2D eigenvalue weighted by Crippen LogP contribution is -2.42. The largest absolute Gasteiger partial charge is 0.352 e. The predicted molar refractivity (Wildman–Crippen MR) is 75.4 cm³/mol. The molecule has 0 saturated carbocycles. The molecule has 0 aliphatic carbocycles. The molecule has 0 aliphatic rings. The van der Waals surface area contributed by atoms with Crippen molar-refractivity contribution in [1.82, 2.24) is 5.32 Å². The molecule has 1 amide bonds. The summed E-state index contributed by atoms with van der Waals surface area (Å²) in [6, 6.07) is 10.5. The van der Waals surface area contributed by atoms with Crippen molar-refractivity contribution in [1.29, 1.82) is 0 Å². The van der Waals surface area contributed by atoms with Crippen LogP contribution in [0.3, 0.4) is 0 Å². The normalized spacial score (nSPS) is 13.2. The van der Waals surface area contributed by atoms with E-state index in [1.165, 1.54) is 5.56 Å². The number of aryl methyl sites for hydroxylation is 1. The monoisotopic (exact) mass is 297 g/mol. The zero-order valence-corrected chi connectivity index (χ0v) is 12.3. The van der Waals surface area contributed by atoms with Gasteiger partial charge in [-0.15, -0.1) is 0 Å². The van der Waals surface area contributed by atoms with Gasteiger partial charge < -0.3 is 5.32 Å². The number of benzene rings is 1. The standard InChI is InChI=1S/C14H20BrNO/c1-11(16-13(17)14(2,3)15)9-10-12-7-5-4-6-8-12/h4-8,11H,9-10H2,1-3H3,(H,16,17). The maximum Gasteiger partial charge on any atom is 0.236 e. The van der Waals surface area contributed by atoms with E-state index in [2.05, 4.69) is 33.4 Å². The van der Waals surface area contributed by atoms with Gasteiger partial charge in [0.05, 0.1) is 4.32 Å². The molecule has 0 bridgehead atoms. The molecule has 17 heavy (non-hydrogen) atoms. The third kappa shape index (κ3) is 5.35. The number of rotatable bonds is 5. The Morgan fingerprint density at radius 1 is 1.35 bits per heavy atom. The second-order valence-electron chi connectivity index (χ2n) is 4.87. The van der Waals surface area contributed by atoms with E-state index in [4.69, 9.17) is 0 Å². The summed E-state index contributed by atoms with van der Waals surface area (Å²) in [6.07, 6.45) is 1.95. The minimum absolute atomic E-state index is 0.0399.